The first-order valence-corrected chi connectivity index (χ1v) is 10.4. The Labute approximate surface area is 140 Å². The number of hydrogen-bond acceptors (Lipinski definition) is 4. The maximum Gasteiger partial charge on any atom is 0.512 e. The summed E-state index contributed by atoms with van der Waals surface area (Å²) in [5.74, 6) is 0.226. The van der Waals surface area contributed by atoms with Crippen LogP contribution in [-0.4, -0.2) is 22.3 Å². The molecule has 1 rings (SSSR count). The molecule has 1 aromatic carbocycles. The Hall–Kier alpha value is -1.13. The monoisotopic (exact) mass is 387 g/mol. The van der Waals surface area contributed by atoms with Gasteiger partial charge in [-0.2, -0.15) is 13.2 Å². The maximum atomic E-state index is 12.3. The Morgan fingerprint density at radius 3 is 1.79 bits per heavy atom. The van der Waals surface area contributed by atoms with Gasteiger partial charge in [-0.1, -0.05) is 42.9 Å². The fraction of sp³-hybridized carbons (Fsp3) is 0.571. The smallest absolute Gasteiger partial charge is 0.206 e. The van der Waals surface area contributed by atoms with Crippen LogP contribution in [0.15, 0.2) is 29.2 Å². The van der Waals surface area contributed by atoms with E-state index in [9.17, 15) is 30.0 Å². The van der Waals surface area contributed by atoms with Crippen molar-refractivity contribution in [2.45, 2.75) is 55.9 Å². The molecule has 0 aromatic heterocycles. The first-order chi connectivity index (χ1) is 10.9. The third kappa shape index (κ3) is 5.18. The molecule has 0 aliphatic heterocycles. The predicted molar refractivity (Wildman–Crippen MR) is 84.3 cm³/mol. The summed E-state index contributed by atoms with van der Waals surface area (Å²) in [6, 6.07) is 5.24. The van der Waals surface area contributed by atoms with E-state index in [1.54, 1.807) is 0 Å². The highest BCUT2D eigenvalue weighted by Gasteiger charge is 2.48. The van der Waals surface area contributed by atoms with Crippen LogP contribution >= 0.6 is 0 Å². The molecule has 0 fully saturated rings. The van der Waals surface area contributed by atoms with E-state index in [-0.39, 0.29) is 5.92 Å². The fourth-order valence-corrected chi connectivity index (χ4v) is 4.75. The van der Waals surface area contributed by atoms with Crippen molar-refractivity contribution in [3.63, 3.8) is 0 Å². The van der Waals surface area contributed by atoms with Crippen molar-refractivity contribution in [2.24, 2.45) is 0 Å². The van der Waals surface area contributed by atoms with Crippen molar-refractivity contribution in [3.05, 3.63) is 29.8 Å². The maximum absolute atomic E-state index is 12.3. The van der Waals surface area contributed by atoms with Crippen molar-refractivity contribution in [1.29, 1.82) is 0 Å². The highest BCUT2D eigenvalue weighted by molar-refractivity contribution is 8.05. The Morgan fingerprint density at radius 2 is 1.42 bits per heavy atom. The minimum atomic E-state index is -5.99. The summed E-state index contributed by atoms with van der Waals surface area (Å²) in [6.07, 6.45) is 3.69. The molecule has 10 heteroatoms. The summed E-state index contributed by atoms with van der Waals surface area (Å²) in [4.78, 5) is -0.536. The number of nitrogens with one attached hydrogen (secondary N) is 1. The topological polar surface area (TPSA) is 80.3 Å². The standard InChI is InChI=1S/C14H20F3NO4S2/c1-3-5-11(6-4-2)12-7-9-13(10-8-12)23(19,20)18-24(21,22)14(15,16)17/h7-11,18H,3-6H2,1-2H3. The van der Waals surface area contributed by atoms with E-state index in [0.717, 1.165) is 43.4 Å². The number of sulfonamides is 2. The third-order valence-corrected chi connectivity index (χ3v) is 6.72. The lowest BCUT2D eigenvalue weighted by atomic mass is 9.90. The molecule has 0 bridgehead atoms. The minimum Gasteiger partial charge on any atom is -0.206 e. The summed E-state index contributed by atoms with van der Waals surface area (Å²) in [5.41, 5.74) is -4.83. The molecule has 0 spiro atoms. The van der Waals surface area contributed by atoms with Crippen LogP contribution in [0.2, 0.25) is 0 Å². The van der Waals surface area contributed by atoms with Gasteiger partial charge in [-0.15, -0.1) is 0 Å². The molecule has 0 atom stereocenters. The zero-order valence-corrected chi connectivity index (χ0v) is 14.9. The van der Waals surface area contributed by atoms with Gasteiger partial charge in [0.15, 0.2) is 0 Å². The highest BCUT2D eigenvalue weighted by Crippen LogP contribution is 2.28. The normalized spacial score (nSPS) is 13.4. The van der Waals surface area contributed by atoms with Crippen molar-refractivity contribution in [3.8, 4) is 0 Å². The van der Waals surface area contributed by atoms with Crippen molar-refractivity contribution in [2.75, 3.05) is 0 Å². The lowest BCUT2D eigenvalue weighted by Gasteiger charge is -2.16. The number of benzene rings is 1. The highest BCUT2D eigenvalue weighted by atomic mass is 32.3. The van der Waals surface area contributed by atoms with Crippen LogP contribution in [0.4, 0.5) is 13.2 Å². The number of hydrogen-bond donors (Lipinski definition) is 1. The quantitative estimate of drug-likeness (QED) is 0.740. The van der Waals surface area contributed by atoms with Crippen LogP contribution in [-0.2, 0) is 20.0 Å². The number of alkyl halides is 3. The molecule has 0 aliphatic carbocycles. The van der Waals surface area contributed by atoms with E-state index in [1.165, 1.54) is 12.1 Å². The van der Waals surface area contributed by atoms with Crippen molar-refractivity contribution in [1.82, 2.24) is 4.13 Å². The Bertz CT molecular complexity index is 735. The first-order valence-electron chi connectivity index (χ1n) is 7.39. The zero-order chi connectivity index (χ0) is 18.6. The third-order valence-electron chi connectivity index (χ3n) is 3.46. The summed E-state index contributed by atoms with van der Waals surface area (Å²) < 4.78 is 83.2. The summed E-state index contributed by atoms with van der Waals surface area (Å²) in [7, 11) is -10.8. The van der Waals surface area contributed by atoms with Gasteiger partial charge < -0.3 is 0 Å². The molecule has 0 radical (unpaired) electrons. The second-order valence-electron chi connectivity index (χ2n) is 5.38. The van der Waals surface area contributed by atoms with E-state index in [1.807, 2.05) is 13.8 Å². The van der Waals surface area contributed by atoms with Gasteiger partial charge in [0.25, 0.3) is 10.0 Å². The molecule has 1 N–H and O–H groups in total. The second-order valence-corrected chi connectivity index (χ2v) is 8.99. The molecular formula is C14H20F3NO4S2. The van der Waals surface area contributed by atoms with Gasteiger partial charge >= 0.3 is 15.5 Å². The Morgan fingerprint density at radius 1 is 0.958 bits per heavy atom. The van der Waals surface area contributed by atoms with E-state index >= 15 is 0 Å². The largest absolute Gasteiger partial charge is 0.512 e. The van der Waals surface area contributed by atoms with Crippen LogP contribution in [0, 0.1) is 0 Å². The van der Waals surface area contributed by atoms with Gasteiger partial charge in [0, 0.05) is 0 Å². The zero-order valence-electron chi connectivity index (χ0n) is 13.3. The molecule has 24 heavy (non-hydrogen) atoms. The molecule has 5 nitrogen and oxygen atoms in total. The molecule has 0 saturated carbocycles. The molecule has 0 aliphatic rings. The summed E-state index contributed by atoms with van der Waals surface area (Å²) in [6.45, 7) is 4.04. The second kappa shape index (κ2) is 7.83. The molecular weight excluding hydrogens is 367 g/mol. The summed E-state index contributed by atoms with van der Waals surface area (Å²) >= 11 is 0. The molecule has 0 saturated heterocycles. The van der Waals surface area contributed by atoms with Gasteiger partial charge in [-0.05, 0) is 36.5 Å². The van der Waals surface area contributed by atoms with Crippen molar-refractivity contribution < 1.29 is 30.0 Å². The summed E-state index contributed by atoms with van der Waals surface area (Å²) in [5, 5.41) is 0. The van der Waals surface area contributed by atoms with Crippen LogP contribution in [0.3, 0.4) is 0 Å². The molecule has 0 heterocycles. The molecule has 0 unspecified atom stereocenters. The van der Waals surface area contributed by atoms with Crippen LogP contribution in [0.5, 0.6) is 0 Å². The molecule has 1 aromatic rings. The van der Waals surface area contributed by atoms with E-state index in [2.05, 4.69) is 0 Å². The lowest BCUT2D eigenvalue weighted by Crippen LogP contribution is -2.40. The van der Waals surface area contributed by atoms with Crippen LogP contribution < -0.4 is 4.13 Å². The minimum absolute atomic E-state index is 0.226. The molecule has 138 valence electrons. The number of halogens is 3. The van der Waals surface area contributed by atoms with Gasteiger partial charge in [0.05, 0.1) is 4.90 Å². The van der Waals surface area contributed by atoms with Crippen LogP contribution in [0.25, 0.3) is 0 Å². The van der Waals surface area contributed by atoms with E-state index in [0.29, 0.717) is 4.13 Å². The predicted octanol–water partition coefficient (Wildman–Crippen LogP) is 3.50. The average Bonchev–Trinajstić information content (AvgIpc) is 2.45. The van der Waals surface area contributed by atoms with Crippen molar-refractivity contribution >= 4 is 20.0 Å². The molecule has 0 amide bonds. The SMILES string of the molecule is CCCC(CCC)c1ccc(S(=O)(=O)NS(=O)(=O)C(F)(F)F)cc1. The van der Waals surface area contributed by atoms with Gasteiger partial charge in [0.2, 0.25) is 0 Å². The number of rotatable bonds is 8. The fourth-order valence-electron chi connectivity index (χ4n) is 2.33. The first kappa shape index (κ1) is 20.9. The van der Waals surface area contributed by atoms with Gasteiger partial charge in [-0.3, -0.25) is 0 Å². The Kier molecular flexibility index (Phi) is 6.83. The van der Waals surface area contributed by atoms with Crippen LogP contribution in [0.1, 0.15) is 51.0 Å². The van der Waals surface area contributed by atoms with Gasteiger partial charge in [0.1, 0.15) is 0 Å². The lowest BCUT2D eigenvalue weighted by molar-refractivity contribution is -0.0441. The Balaban J connectivity index is 3.07. The van der Waals surface area contributed by atoms with E-state index < -0.39 is 30.5 Å². The van der Waals surface area contributed by atoms with Gasteiger partial charge in [-0.25, -0.2) is 16.8 Å². The average molecular weight is 387 g/mol. The van der Waals surface area contributed by atoms with E-state index in [4.69, 9.17) is 0 Å².